The molecule has 0 saturated carbocycles. The highest BCUT2D eigenvalue weighted by Gasteiger charge is 2.20. The standard InChI is InChI=1S/C17H19N3O8S2/c1-4-30(26,27)19-15-6-5-12(9-16(15)28-2)18-17(21)11-7-13(20(22)23)10-14(8-11)29(3,24)25/h5-10,19H,4H2,1-3H3,(H,18,21). The quantitative estimate of drug-likeness (QED) is 0.449. The first-order chi connectivity index (χ1) is 13.9. The zero-order valence-corrected chi connectivity index (χ0v) is 17.8. The average molecular weight is 457 g/mol. The highest BCUT2D eigenvalue weighted by atomic mass is 32.2. The number of carbonyl (C=O) groups is 1. The molecule has 0 aliphatic carbocycles. The Morgan fingerprint density at radius 2 is 1.80 bits per heavy atom. The Bertz CT molecular complexity index is 1210. The lowest BCUT2D eigenvalue weighted by molar-refractivity contribution is -0.385. The van der Waals surface area contributed by atoms with E-state index >= 15 is 0 Å². The second kappa shape index (κ2) is 8.67. The van der Waals surface area contributed by atoms with Crippen molar-refractivity contribution in [1.29, 1.82) is 0 Å². The van der Waals surface area contributed by atoms with Crippen LogP contribution in [0.1, 0.15) is 17.3 Å². The minimum Gasteiger partial charge on any atom is -0.494 e. The summed E-state index contributed by atoms with van der Waals surface area (Å²) in [4.78, 5) is 22.5. The lowest BCUT2D eigenvalue weighted by atomic mass is 10.1. The van der Waals surface area contributed by atoms with Crippen LogP contribution in [0.25, 0.3) is 0 Å². The van der Waals surface area contributed by atoms with E-state index in [1.54, 1.807) is 0 Å². The number of amides is 1. The van der Waals surface area contributed by atoms with Crippen molar-refractivity contribution in [2.45, 2.75) is 11.8 Å². The summed E-state index contributed by atoms with van der Waals surface area (Å²) >= 11 is 0. The molecule has 0 unspecified atom stereocenters. The Morgan fingerprint density at radius 1 is 1.13 bits per heavy atom. The maximum atomic E-state index is 12.5. The fourth-order valence-corrected chi connectivity index (χ4v) is 3.65. The van der Waals surface area contributed by atoms with Gasteiger partial charge < -0.3 is 10.1 Å². The van der Waals surface area contributed by atoms with Gasteiger partial charge in [-0.25, -0.2) is 16.8 Å². The highest BCUT2D eigenvalue weighted by Crippen LogP contribution is 2.29. The van der Waals surface area contributed by atoms with Crippen molar-refractivity contribution in [3.63, 3.8) is 0 Å². The average Bonchev–Trinajstić information content (AvgIpc) is 2.67. The lowest BCUT2D eigenvalue weighted by Gasteiger charge is -2.13. The summed E-state index contributed by atoms with van der Waals surface area (Å²) in [5.74, 6) is -0.822. The predicted octanol–water partition coefficient (Wildman–Crippen LogP) is 2.02. The molecule has 2 aromatic carbocycles. The number of hydrogen-bond acceptors (Lipinski definition) is 8. The SMILES string of the molecule is CCS(=O)(=O)Nc1ccc(NC(=O)c2cc([N+](=O)[O-])cc(S(C)(=O)=O)c2)cc1OC. The molecule has 0 bridgehead atoms. The van der Waals surface area contributed by atoms with Crippen molar-refractivity contribution in [2.75, 3.05) is 29.2 Å². The Kier molecular flexibility index (Phi) is 6.67. The topological polar surface area (TPSA) is 162 Å². The van der Waals surface area contributed by atoms with Gasteiger partial charge in [-0.3, -0.25) is 19.6 Å². The number of ether oxygens (including phenoxy) is 1. The van der Waals surface area contributed by atoms with Crippen molar-refractivity contribution in [2.24, 2.45) is 0 Å². The van der Waals surface area contributed by atoms with E-state index in [2.05, 4.69) is 10.0 Å². The van der Waals surface area contributed by atoms with Crippen molar-refractivity contribution < 1.29 is 31.3 Å². The number of sulfonamides is 1. The second-order valence-corrected chi connectivity index (χ2v) is 10.1. The number of nitro groups is 1. The van der Waals surface area contributed by atoms with Crippen LogP contribution in [-0.4, -0.2) is 46.8 Å². The van der Waals surface area contributed by atoms with E-state index in [9.17, 15) is 31.7 Å². The molecule has 13 heteroatoms. The van der Waals surface area contributed by atoms with Crippen molar-refractivity contribution in [3.8, 4) is 5.75 Å². The number of hydrogen-bond donors (Lipinski definition) is 2. The number of methoxy groups -OCH3 is 1. The smallest absolute Gasteiger partial charge is 0.271 e. The number of sulfone groups is 1. The van der Waals surface area contributed by atoms with Crippen LogP contribution in [0.4, 0.5) is 17.1 Å². The van der Waals surface area contributed by atoms with Crippen LogP contribution in [0, 0.1) is 10.1 Å². The van der Waals surface area contributed by atoms with Gasteiger partial charge >= 0.3 is 0 Å². The van der Waals surface area contributed by atoms with E-state index in [-0.39, 0.29) is 33.3 Å². The molecule has 30 heavy (non-hydrogen) atoms. The molecule has 0 saturated heterocycles. The van der Waals surface area contributed by atoms with Gasteiger partial charge in [0.25, 0.3) is 11.6 Å². The fraction of sp³-hybridized carbons (Fsp3) is 0.235. The molecule has 0 atom stereocenters. The van der Waals surface area contributed by atoms with E-state index in [0.717, 1.165) is 24.5 Å². The van der Waals surface area contributed by atoms with Gasteiger partial charge in [0, 0.05) is 35.7 Å². The van der Waals surface area contributed by atoms with Crippen molar-refractivity contribution in [3.05, 3.63) is 52.1 Å². The first-order valence-electron chi connectivity index (χ1n) is 8.35. The zero-order valence-electron chi connectivity index (χ0n) is 16.2. The molecule has 0 radical (unpaired) electrons. The number of nitro benzene ring substituents is 1. The predicted molar refractivity (Wildman–Crippen MR) is 110 cm³/mol. The number of non-ortho nitro benzene ring substituents is 1. The molecule has 0 aliphatic rings. The molecule has 0 spiro atoms. The minimum atomic E-state index is -3.79. The van der Waals surface area contributed by atoms with E-state index in [0.29, 0.717) is 0 Å². The van der Waals surface area contributed by atoms with Gasteiger partial charge in [-0.2, -0.15) is 0 Å². The fourth-order valence-electron chi connectivity index (χ4n) is 2.33. The maximum Gasteiger partial charge on any atom is 0.271 e. The molecule has 2 aromatic rings. The molecular formula is C17H19N3O8S2. The Hall–Kier alpha value is -3.19. The molecule has 11 nitrogen and oxygen atoms in total. The minimum absolute atomic E-state index is 0.126. The van der Waals surface area contributed by atoms with Crippen LogP contribution < -0.4 is 14.8 Å². The summed E-state index contributed by atoms with van der Waals surface area (Å²) in [6.07, 6.45) is 0.870. The molecule has 1 amide bonds. The van der Waals surface area contributed by atoms with Crippen LogP contribution in [0.15, 0.2) is 41.3 Å². The summed E-state index contributed by atoms with van der Waals surface area (Å²) in [6, 6.07) is 6.95. The number of benzene rings is 2. The van der Waals surface area contributed by atoms with Gasteiger partial charge in [0.2, 0.25) is 10.0 Å². The van der Waals surface area contributed by atoms with E-state index < -0.39 is 36.4 Å². The largest absolute Gasteiger partial charge is 0.494 e. The van der Waals surface area contributed by atoms with Crippen molar-refractivity contribution >= 4 is 42.8 Å². The third-order valence-electron chi connectivity index (χ3n) is 3.90. The second-order valence-electron chi connectivity index (χ2n) is 6.12. The molecule has 2 N–H and O–H groups in total. The Balaban J connectivity index is 2.38. The normalized spacial score (nSPS) is 11.6. The van der Waals surface area contributed by atoms with Gasteiger partial charge in [-0.1, -0.05) is 0 Å². The zero-order chi connectivity index (χ0) is 22.7. The van der Waals surface area contributed by atoms with Crippen LogP contribution in [0.3, 0.4) is 0 Å². The lowest BCUT2D eigenvalue weighted by Crippen LogP contribution is -2.16. The van der Waals surface area contributed by atoms with Crippen LogP contribution in [-0.2, 0) is 19.9 Å². The molecule has 0 heterocycles. The monoisotopic (exact) mass is 457 g/mol. The summed E-state index contributed by atoms with van der Waals surface area (Å²) in [7, 11) is -6.04. The van der Waals surface area contributed by atoms with Gasteiger partial charge in [0.1, 0.15) is 5.75 Å². The van der Waals surface area contributed by atoms with Gasteiger partial charge in [-0.05, 0) is 25.1 Å². The van der Waals surface area contributed by atoms with E-state index in [1.807, 2.05) is 0 Å². The van der Waals surface area contributed by atoms with Gasteiger partial charge in [0.15, 0.2) is 9.84 Å². The summed E-state index contributed by atoms with van der Waals surface area (Å²) in [5.41, 5.74) is -0.430. The van der Waals surface area contributed by atoms with Crippen LogP contribution >= 0.6 is 0 Å². The van der Waals surface area contributed by atoms with Gasteiger partial charge in [0.05, 0.1) is 28.4 Å². The van der Waals surface area contributed by atoms with E-state index in [4.69, 9.17) is 4.74 Å². The summed E-state index contributed by atoms with van der Waals surface area (Å²) in [6.45, 7) is 1.47. The molecule has 2 rings (SSSR count). The number of nitrogens with zero attached hydrogens (tertiary/aromatic N) is 1. The van der Waals surface area contributed by atoms with Gasteiger partial charge in [-0.15, -0.1) is 0 Å². The Morgan fingerprint density at radius 3 is 2.33 bits per heavy atom. The number of nitrogens with one attached hydrogen (secondary N) is 2. The molecule has 0 aromatic heterocycles. The third-order valence-corrected chi connectivity index (χ3v) is 6.28. The van der Waals surface area contributed by atoms with Crippen LogP contribution in [0.2, 0.25) is 0 Å². The Labute approximate surface area is 173 Å². The van der Waals surface area contributed by atoms with Crippen LogP contribution in [0.5, 0.6) is 5.75 Å². The molecule has 0 aliphatic heterocycles. The van der Waals surface area contributed by atoms with Crippen molar-refractivity contribution in [1.82, 2.24) is 0 Å². The summed E-state index contributed by atoms with van der Waals surface area (Å²) < 4.78 is 54.5. The van der Waals surface area contributed by atoms with E-state index in [1.165, 1.54) is 32.2 Å². The summed E-state index contributed by atoms with van der Waals surface area (Å²) in [5, 5.41) is 13.5. The first kappa shape index (κ1) is 23.1. The highest BCUT2D eigenvalue weighted by molar-refractivity contribution is 7.92. The number of carbonyl (C=O) groups excluding carboxylic acids is 1. The number of anilines is 2. The first-order valence-corrected chi connectivity index (χ1v) is 11.9. The third kappa shape index (κ3) is 5.67. The number of rotatable bonds is 8. The molecule has 0 fully saturated rings. The molecule has 162 valence electrons. The maximum absolute atomic E-state index is 12.5. The molecular weight excluding hydrogens is 438 g/mol.